The highest BCUT2D eigenvalue weighted by Crippen LogP contribution is 1.66. The van der Waals surface area contributed by atoms with Crippen molar-refractivity contribution in [2.45, 2.75) is 0 Å². The number of rotatable bonds is 1. The Labute approximate surface area is 32.6 Å². The van der Waals surface area contributed by atoms with Gasteiger partial charge in [0.05, 0.1) is 11.9 Å². The number of halogens is 1. The summed E-state index contributed by atoms with van der Waals surface area (Å²) >= 11 is 3.87. The third-order valence-corrected chi connectivity index (χ3v) is 0.254. The van der Waals surface area contributed by atoms with Gasteiger partial charge in [0.15, 0.2) is 11.9 Å². The fourth-order valence-corrected chi connectivity index (χ4v) is 0. The molecule has 0 amide bonds. The van der Waals surface area contributed by atoms with Gasteiger partial charge in [-0.25, -0.2) is 4.21 Å². The van der Waals surface area contributed by atoms with Crippen LogP contribution in [0.3, 0.4) is 0 Å². The van der Waals surface area contributed by atoms with Crippen LogP contribution >= 0.6 is 11.9 Å². The first-order chi connectivity index (χ1) is 1.91. The second kappa shape index (κ2) is 3.40. The van der Waals surface area contributed by atoms with Gasteiger partial charge in [-0.1, -0.05) is 0 Å². The number of thiol groups is 1. The van der Waals surface area contributed by atoms with Gasteiger partial charge in [0.2, 0.25) is 0 Å². The second-order valence-corrected chi connectivity index (χ2v) is 0.845. The fraction of sp³-hybridized carbons (Fsp3) is 0. The Morgan fingerprint density at radius 1 is 2.00 bits per heavy atom. The van der Waals surface area contributed by atoms with Crippen LogP contribution in [0.1, 0.15) is 0 Å². The average Bonchev–Trinajstić information content (AvgIpc) is 1.37. The first-order valence-electron chi connectivity index (χ1n) is 0.519. The fourth-order valence-electron chi connectivity index (χ4n) is 0. The zero-order valence-corrected chi connectivity index (χ0v) is 3.29. The Kier molecular flexibility index (Phi) is 3.74. The standard InChI is InChI=1S/ClHO2S/c1-3-4-2/h4H. The molecule has 4 heavy (non-hydrogen) atoms. The maximum absolute atomic E-state index is 8.92. The molecule has 0 rings (SSSR count). The highest BCUT2D eigenvalue weighted by Gasteiger charge is 1.49. The van der Waals surface area contributed by atoms with E-state index in [0.717, 1.165) is 0 Å². The van der Waals surface area contributed by atoms with Gasteiger partial charge in [0, 0.05) is 0 Å². The van der Waals surface area contributed by atoms with Crippen LogP contribution in [0.2, 0.25) is 0 Å². The molecule has 0 spiro atoms. The zero-order chi connectivity index (χ0) is 3.41. The summed E-state index contributed by atoms with van der Waals surface area (Å²) in [6.07, 6.45) is 0. The Hall–Kier alpha value is 0.400. The minimum atomic E-state index is -0.486. The van der Waals surface area contributed by atoms with Gasteiger partial charge in [-0.15, -0.1) is 0 Å². The first kappa shape index (κ1) is 4.40. The summed E-state index contributed by atoms with van der Waals surface area (Å²) in [5.74, 6) is 0. The summed E-state index contributed by atoms with van der Waals surface area (Å²) in [6, 6.07) is 0. The summed E-state index contributed by atoms with van der Waals surface area (Å²) in [7, 11) is 0. The molecular weight excluding hydrogens is 99.5 g/mol. The topological polar surface area (TPSA) is 26.3 Å². The second-order valence-electron chi connectivity index (χ2n) is 0.144. The zero-order valence-electron chi connectivity index (χ0n) is 1.64. The van der Waals surface area contributed by atoms with Gasteiger partial charge in [0.25, 0.3) is 0 Å². The van der Waals surface area contributed by atoms with Crippen LogP contribution in [-0.2, 0) is 15.7 Å². The molecule has 0 aromatic carbocycles. The van der Waals surface area contributed by atoms with E-state index in [1.54, 1.807) is 0 Å². The van der Waals surface area contributed by atoms with E-state index in [2.05, 4.69) is 15.6 Å². The lowest BCUT2D eigenvalue weighted by Crippen LogP contribution is -1.48. The average molecular weight is 101 g/mol. The lowest BCUT2D eigenvalue weighted by molar-refractivity contribution is 0.618. The van der Waals surface area contributed by atoms with Gasteiger partial charge in [-0.05, 0) is 0 Å². The Bertz CT molecular complexity index is 20.0. The molecule has 0 fully saturated rings. The van der Waals surface area contributed by atoms with Crippen molar-refractivity contribution in [3.8, 4) is 0 Å². The van der Waals surface area contributed by atoms with Gasteiger partial charge < -0.3 is 0 Å². The quantitative estimate of drug-likeness (QED) is 0.470. The molecule has 0 unspecified atom stereocenters. The Morgan fingerprint density at radius 2 is 2.25 bits per heavy atom. The van der Waals surface area contributed by atoms with Gasteiger partial charge >= 0.3 is 0 Å². The van der Waals surface area contributed by atoms with Crippen molar-refractivity contribution in [2.75, 3.05) is 0 Å². The molecule has 26 valence electrons. The first-order valence-corrected chi connectivity index (χ1v) is 1.56. The normalized spacial score (nSPS) is 7.25. The van der Waals surface area contributed by atoms with E-state index in [9.17, 15) is 0 Å². The molecule has 0 saturated heterocycles. The summed E-state index contributed by atoms with van der Waals surface area (Å²) in [6.45, 7) is 0. The number of hydrogen-bond acceptors (Lipinski definition) is 2. The van der Waals surface area contributed by atoms with Crippen LogP contribution in [0.4, 0.5) is 0 Å². The molecule has 0 N–H and O–H groups in total. The molecule has 0 aromatic rings. The molecule has 2 nitrogen and oxygen atoms in total. The van der Waals surface area contributed by atoms with E-state index in [-0.39, 0.29) is 0 Å². The largest absolute Gasteiger partial charge is 0.232 e. The van der Waals surface area contributed by atoms with Crippen molar-refractivity contribution < 1.29 is 7.94 Å². The predicted molar refractivity (Wildman–Crippen MR) is 16.5 cm³/mol. The van der Waals surface area contributed by atoms with Crippen LogP contribution < -0.4 is 0 Å². The van der Waals surface area contributed by atoms with Gasteiger partial charge in [-0.3, -0.25) is 0 Å². The maximum Gasteiger partial charge on any atom is 0.160 e. The maximum atomic E-state index is 8.92. The lowest BCUT2D eigenvalue weighted by atomic mass is 15.9. The van der Waals surface area contributed by atoms with Crippen LogP contribution in [0.5, 0.6) is 0 Å². The van der Waals surface area contributed by atoms with Crippen LogP contribution in [0.15, 0.2) is 0 Å². The number of hydrogen-bond donors (Lipinski definition) is 1. The highest BCUT2D eigenvalue weighted by molar-refractivity contribution is 7.61. The predicted octanol–water partition coefficient (Wildman–Crippen LogP) is 0.0171. The molecule has 0 bridgehead atoms. The molecule has 0 aromatic heterocycles. The summed E-state index contributed by atoms with van der Waals surface area (Å²) < 4.78 is 12.3. The van der Waals surface area contributed by atoms with Gasteiger partial charge in [-0.2, -0.15) is 3.74 Å². The van der Waals surface area contributed by atoms with Crippen LogP contribution in [0.25, 0.3) is 0 Å². The lowest BCUT2D eigenvalue weighted by Gasteiger charge is -1.55. The monoisotopic (exact) mass is 99.9 g/mol. The molecule has 0 aliphatic heterocycles. The van der Waals surface area contributed by atoms with E-state index in [1.807, 2.05) is 0 Å². The van der Waals surface area contributed by atoms with Crippen molar-refractivity contribution in [1.29, 1.82) is 0 Å². The van der Waals surface area contributed by atoms with E-state index >= 15 is 0 Å². The minimum Gasteiger partial charge on any atom is -0.232 e. The molecule has 0 saturated carbocycles. The third kappa shape index (κ3) is 2.40. The summed E-state index contributed by atoms with van der Waals surface area (Å²) in [5.41, 5.74) is 0. The Morgan fingerprint density at radius 3 is 2.25 bits per heavy atom. The minimum absolute atomic E-state index is 0.486. The van der Waals surface area contributed by atoms with E-state index in [4.69, 9.17) is 4.21 Å². The van der Waals surface area contributed by atoms with Crippen LogP contribution in [0, 0.1) is 0 Å². The molecule has 0 heterocycles. The SMILES string of the molecule is O=[SH]OCl. The van der Waals surface area contributed by atoms with Crippen molar-refractivity contribution >= 4 is 23.8 Å². The van der Waals surface area contributed by atoms with Crippen molar-refractivity contribution in [1.82, 2.24) is 0 Å². The molecule has 0 aliphatic rings. The highest BCUT2D eigenvalue weighted by atomic mass is 35.5. The molecule has 0 aliphatic carbocycles. The summed E-state index contributed by atoms with van der Waals surface area (Å²) in [4.78, 5) is 0. The van der Waals surface area contributed by atoms with E-state index in [0.29, 0.717) is 0 Å². The van der Waals surface area contributed by atoms with E-state index < -0.39 is 11.9 Å². The van der Waals surface area contributed by atoms with Crippen LogP contribution in [-0.4, -0.2) is 4.21 Å². The Balaban J connectivity index is 2.30. The third-order valence-electron chi connectivity index (χ3n) is 0.0282. The van der Waals surface area contributed by atoms with Crippen molar-refractivity contribution in [3.63, 3.8) is 0 Å². The van der Waals surface area contributed by atoms with Gasteiger partial charge in [0.1, 0.15) is 0 Å². The van der Waals surface area contributed by atoms with E-state index in [1.165, 1.54) is 0 Å². The van der Waals surface area contributed by atoms with Crippen molar-refractivity contribution in [2.24, 2.45) is 0 Å². The molecular formula is HClO2S. The molecule has 4 heteroatoms. The smallest absolute Gasteiger partial charge is 0.160 e. The summed E-state index contributed by atoms with van der Waals surface area (Å²) in [5, 5.41) is 0. The molecule has 0 atom stereocenters. The van der Waals surface area contributed by atoms with Crippen molar-refractivity contribution in [3.05, 3.63) is 0 Å². The molecule has 0 radical (unpaired) electrons.